The topological polar surface area (TPSA) is 73.9 Å². The molecule has 120 valence electrons. The molecule has 1 aromatic rings. The van der Waals surface area contributed by atoms with E-state index in [4.69, 9.17) is 0 Å². The van der Waals surface area contributed by atoms with Gasteiger partial charge in [0.2, 0.25) is 5.71 Å². The van der Waals surface area contributed by atoms with Crippen molar-refractivity contribution in [3.05, 3.63) is 40.9 Å². The second-order valence-corrected chi connectivity index (χ2v) is 5.96. The lowest BCUT2D eigenvalue weighted by Crippen LogP contribution is -2.57. The molecule has 6 nitrogen and oxygen atoms in total. The molecular formula is C15H21FN4O2. The van der Waals surface area contributed by atoms with Crippen LogP contribution in [0.15, 0.2) is 29.4 Å². The Morgan fingerprint density at radius 3 is 2.36 bits per heavy atom. The number of hydrogen-bond acceptors (Lipinski definition) is 5. The lowest BCUT2D eigenvalue weighted by Gasteiger charge is -2.32. The minimum absolute atomic E-state index is 0.350. The quantitative estimate of drug-likeness (QED) is 0.387. The van der Waals surface area contributed by atoms with E-state index < -0.39 is 11.2 Å². The van der Waals surface area contributed by atoms with Gasteiger partial charge in [0.15, 0.2) is 0 Å². The average molecular weight is 308 g/mol. The molecule has 0 amide bonds. The first kappa shape index (κ1) is 16.4. The molecule has 0 radical (unpaired) electrons. The molecule has 0 saturated carbocycles. The highest BCUT2D eigenvalue weighted by atomic mass is 19.1. The molecule has 2 rings (SSSR count). The predicted molar refractivity (Wildman–Crippen MR) is 82.4 cm³/mol. The molecule has 2 N–H and O–H groups in total. The van der Waals surface area contributed by atoms with Crippen LogP contribution in [-0.4, -0.2) is 44.7 Å². The predicted octanol–water partition coefficient (Wildman–Crippen LogP) is 1.92. The highest BCUT2D eigenvalue weighted by molar-refractivity contribution is 6.06. The Morgan fingerprint density at radius 1 is 1.32 bits per heavy atom. The van der Waals surface area contributed by atoms with E-state index in [9.17, 15) is 14.8 Å². The number of benzene rings is 1. The third-order valence-corrected chi connectivity index (χ3v) is 4.20. The molecular weight excluding hydrogens is 287 g/mol. The molecule has 0 bridgehead atoms. The van der Waals surface area contributed by atoms with Crippen molar-refractivity contribution >= 4 is 11.4 Å². The standard InChI is InChI=1S/C15H21FN4O2/c1-10(18-17-5)15(4)19(21)13(14(2,3)20(15)22)11-6-8-12(16)9-7-11/h6-9,17,22H,1-5H3/b18-10-. The van der Waals surface area contributed by atoms with Crippen molar-refractivity contribution in [1.29, 1.82) is 0 Å². The van der Waals surface area contributed by atoms with Crippen LogP contribution >= 0.6 is 0 Å². The van der Waals surface area contributed by atoms with E-state index in [-0.39, 0.29) is 5.82 Å². The van der Waals surface area contributed by atoms with E-state index >= 15 is 0 Å². The number of rotatable bonds is 3. The SMILES string of the molecule is CN/N=C(/C)C1(C)N(O)C(C)(C)C(c2ccc(F)cc2)=[N+]1[O-]. The zero-order valence-electron chi connectivity index (χ0n) is 13.4. The third kappa shape index (κ3) is 2.17. The van der Waals surface area contributed by atoms with Gasteiger partial charge in [-0.25, -0.2) is 4.39 Å². The number of nitrogens with one attached hydrogen (secondary N) is 1. The van der Waals surface area contributed by atoms with Crippen molar-refractivity contribution in [2.45, 2.75) is 38.9 Å². The number of hydroxylamine groups is 3. The normalized spacial score (nSPS) is 25.7. The van der Waals surface area contributed by atoms with Crippen LogP contribution in [0.3, 0.4) is 0 Å². The molecule has 1 unspecified atom stereocenters. The summed E-state index contributed by atoms with van der Waals surface area (Å²) < 4.78 is 13.9. The number of nitrogens with zero attached hydrogens (tertiary/aromatic N) is 3. The van der Waals surface area contributed by atoms with Crippen LogP contribution < -0.4 is 5.43 Å². The van der Waals surface area contributed by atoms with Gasteiger partial charge in [-0.3, -0.25) is 0 Å². The summed E-state index contributed by atoms with van der Waals surface area (Å²) in [6.45, 7) is 6.71. The van der Waals surface area contributed by atoms with Crippen LogP contribution in [0.2, 0.25) is 0 Å². The summed E-state index contributed by atoms with van der Waals surface area (Å²) in [7, 11) is 1.62. The Kier molecular flexibility index (Phi) is 3.97. The van der Waals surface area contributed by atoms with Gasteiger partial charge in [0, 0.05) is 19.5 Å². The molecule has 7 heteroatoms. The summed E-state index contributed by atoms with van der Waals surface area (Å²) in [5, 5.41) is 28.6. The van der Waals surface area contributed by atoms with Crippen molar-refractivity contribution < 1.29 is 14.3 Å². The van der Waals surface area contributed by atoms with Crippen molar-refractivity contribution in [2.24, 2.45) is 5.10 Å². The Morgan fingerprint density at radius 2 is 1.86 bits per heavy atom. The molecule has 1 heterocycles. The van der Waals surface area contributed by atoms with Crippen molar-refractivity contribution in [2.75, 3.05) is 7.05 Å². The Hall–Kier alpha value is -1.99. The molecule has 22 heavy (non-hydrogen) atoms. The summed E-state index contributed by atoms with van der Waals surface area (Å²) in [6.07, 6.45) is 0. The van der Waals surface area contributed by atoms with Gasteiger partial charge in [0.05, 0.1) is 0 Å². The van der Waals surface area contributed by atoms with Gasteiger partial charge < -0.3 is 15.8 Å². The van der Waals surface area contributed by atoms with E-state index in [2.05, 4.69) is 10.5 Å². The van der Waals surface area contributed by atoms with Crippen LogP contribution in [0.25, 0.3) is 0 Å². The first-order chi connectivity index (χ1) is 10.2. The number of hydrogen-bond donors (Lipinski definition) is 2. The van der Waals surface area contributed by atoms with Gasteiger partial charge in [0.1, 0.15) is 17.1 Å². The molecule has 0 fully saturated rings. The average Bonchev–Trinajstić information content (AvgIpc) is 2.60. The maximum Gasteiger partial charge on any atom is 0.289 e. The second-order valence-electron chi connectivity index (χ2n) is 5.96. The minimum Gasteiger partial charge on any atom is -0.622 e. The van der Waals surface area contributed by atoms with Crippen molar-refractivity contribution in [3.8, 4) is 0 Å². The van der Waals surface area contributed by atoms with Gasteiger partial charge in [0.25, 0.3) is 5.66 Å². The minimum atomic E-state index is -1.35. The van der Waals surface area contributed by atoms with Crippen LogP contribution in [0.1, 0.15) is 33.3 Å². The van der Waals surface area contributed by atoms with Crippen LogP contribution in [0.5, 0.6) is 0 Å². The summed E-state index contributed by atoms with van der Waals surface area (Å²) in [6, 6.07) is 5.64. The first-order valence-electron chi connectivity index (χ1n) is 6.98. The maximum atomic E-state index is 13.1. The smallest absolute Gasteiger partial charge is 0.289 e. The summed E-state index contributed by atoms with van der Waals surface area (Å²) in [5.74, 6) is -0.380. The van der Waals surface area contributed by atoms with Gasteiger partial charge in [-0.1, -0.05) is 0 Å². The monoisotopic (exact) mass is 308 g/mol. The highest BCUT2D eigenvalue weighted by Crippen LogP contribution is 2.36. The molecule has 1 atom stereocenters. The highest BCUT2D eigenvalue weighted by Gasteiger charge is 2.61. The van der Waals surface area contributed by atoms with E-state index in [1.54, 1.807) is 34.7 Å². The molecule has 0 saturated heterocycles. The Bertz CT molecular complexity index is 639. The summed E-state index contributed by atoms with van der Waals surface area (Å²) >= 11 is 0. The van der Waals surface area contributed by atoms with E-state index in [1.807, 2.05) is 0 Å². The van der Waals surface area contributed by atoms with E-state index in [0.717, 1.165) is 9.80 Å². The second kappa shape index (κ2) is 5.33. The van der Waals surface area contributed by atoms with Gasteiger partial charge >= 0.3 is 0 Å². The molecule has 1 aliphatic heterocycles. The van der Waals surface area contributed by atoms with Crippen LogP contribution in [0.4, 0.5) is 4.39 Å². The molecule has 0 spiro atoms. The summed E-state index contributed by atoms with van der Waals surface area (Å²) in [4.78, 5) is 0. The first-order valence-corrected chi connectivity index (χ1v) is 6.98. The van der Waals surface area contributed by atoms with Gasteiger partial charge in [-0.2, -0.15) is 9.84 Å². The van der Waals surface area contributed by atoms with Crippen LogP contribution in [0, 0.1) is 11.0 Å². The third-order valence-electron chi connectivity index (χ3n) is 4.20. The fourth-order valence-corrected chi connectivity index (χ4v) is 2.85. The lowest BCUT2D eigenvalue weighted by molar-refractivity contribution is -0.560. The van der Waals surface area contributed by atoms with E-state index in [1.165, 1.54) is 24.3 Å². The zero-order valence-corrected chi connectivity index (χ0v) is 13.4. The van der Waals surface area contributed by atoms with Gasteiger partial charge in [-0.05, 0) is 45.0 Å². The lowest BCUT2D eigenvalue weighted by atomic mass is 9.92. The van der Waals surface area contributed by atoms with Crippen molar-refractivity contribution in [3.63, 3.8) is 0 Å². The number of halogens is 1. The van der Waals surface area contributed by atoms with Gasteiger partial charge in [-0.15, -0.1) is 5.06 Å². The Labute approximate surface area is 129 Å². The van der Waals surface area contributed by atoms with E-state index in [0.29, 0.717) is 17.0 Å². The molecule has 0 aromatic heterocycles. The largest absolute Gasteiger partial charge is 0.622 e. The number of hydrazone groups is 1. The fraction of sp³-hybridized carbons (Fsp3) is 0.467. The molecule has 1 aliphatic rings. The maximum absolute atomic E-state index is 13.1. The Balaban J connectivity index is 2.67. The van der Waals surface area contributed by atoms with Crippen molar-refractivity contribution in [1.82, 2.24) is 10.5 Å². The fourth-order valence-electron chi connectivity index (χ4n) is 2.85. The van der Waals surface area contributed by atoms with Crippen LogP contribution in [-0.2, 0) is 0 Å². The molecule has 1 aromatic carbocycles. The summed E-state index contributed by atoms with van der Waals surface area (Å²) in [5.41, 5.74) is 1.64. The molecule has 0 aliphatic carbocycles. The zero-order chi connectivity index (χ0) is 16.7.